The average Bonchev–Trinajstić information content (AvgIpc) is 2.41. The summed E-state index contributed by atoms with van der Waals surface area (Å²) in [5.74, 6) is 0. The normalized spacial score (nSPS) is 13.6. The van der Waals surface area contributed by atoms with Crippen LogP contribution in [-0.4, -0.2) is 6.21 Å². The SMILES string of the molecule is C=C(NC(CC)c1cccc(Cl)c1)C(=C/C)/N=C\C. The predicted molar refractivity (Wildman–Crippen MR) is 84.7 cm³/mol. The lowest BCUT2D eigenvalue weighted by Gasteiger charge is -2.20. The fraction of sp³-hybridized carbons (Fsp3) is 0.312. The van der Waals surface area contributed by atoms with Gasteiger partial charge in [0.25, 0.3) is 0 Å². The molecule has 2 nitrogen and oxygen atoms in total. The van der Waals surface area contributed by atoms with Crippen LogP contribution in [0.4, 0.5) is 0 Å². The summed E-state index contributed by atoms with van der Waals surface area (Å²) in [6, 6.07) is 8.08. The quantitative estimate of drug-likeness (QED) is 0.581. The molecule has 1 unspecified atom stereocenters. The molecule has 1 N–H and O–H groups in total. The molecule has 1 aromatic rings. The molecular formula is C16H21ClN2. The number of hydrogen-bond acceptors (Lipinski definition) is 2. The third kappa shape index (κ3) is 4.56. The molecule has 0 aliphatic carbocycles. The topological polar surface area (TPSA) is 24.4 Å². The molecule has 0 aromatic heterocycles. The lowest BCUT2D eigenvalue weighted by Crippen LogP contribution is -2.20. The minimum absolute atomic E-state index is 0.188. The van der Waals surface area contributed by atoms with E-state index in [1.165, 1.54) is 0 Å². The number of allylic oxidation sites excluding steroid dienone is 1. The Morgan fingerprint density at radius 2 is 2.21 bits per heavy atom. The summed E-state index contributed by atoms with van der Waals surface area (Å²) in [5, 5.41) is 4.16. The van der Waals surface area contributed by atoms with E-state index in [1.807, 2.05) is 38.1 Å². The molecule has 0 saturated carbocycles. The van der Waals surface area contributed by atoms with Gasteiger partial charge in [-0.2, -0.15) is 0 Å². The zero-order valence-electron chi connectivity index (χ0n) is 11.8. The second-order valence-corrected chi connectivity index (χ2v) is 4.64. The Bertz CT molecular complexity index is 489. The number of nitrogens with one attached hydrogen (secondary N) is 1. The molecule has 0 aliphatic heterocycles. The Kier molecular flexibility index (Phi) is 6.37. The van der Waals surface area contributed by atoms with Crippen molar-refractivity contribution in [2.24, 2.45) is 4.99 Å². The highest BCUT2D eigenvalue weighted by atomic mass is 35.5. The van der Waals surface area contributed by atoms with Crippen LogP contribution in [0, 0.1) is 0 Å². The van der Waals surface area contributed by atoms with E-state index in [1.54, 1.807) is 6.21 Å². The molecule has 0 fully saturated rings. The number of benzene rings is 1. The first-order chi connectivity index (χ1) is 9.12. The second kappa shape index (κ2) is 7.80. The van der Waals surface area contributed by atoms with Crippen LogP contribution in [0.1, 0.15) is 38.8 Å². The van der Waals surface area contributed by atoms with Crippen LogP contribution in [0.3, 0.4) is 0 Å². The molecule has 0 radical (unpaired) electrons. The number of halogens is 1. The van der Waals surface area contributed by atoms with Crippen LogP contribution in [0.15, 0.2) is 53.3 Å². The van der Waals surface area contributed by atoms with Crippen molar-refractivity contribution in [2.45, 2.75) is 33.2 Å². The highest BCUT2D eigenvalue weighted by Crippen LogP contribution is 2.22. The first-order valence-electron chi connectivity index (χ1n) is 6.48. The van der Waals surface area contributed by atoms with Crippen LogP contribution in [0.2, 0.25) is 5.02 Å². The Labute approximate surface area is 120 Å². The summed E-state index contributed by atoms with van der Waals surface area (Å²) in [4.78, 5) is 4.29. The minimum atomic E-state index is 0.188. The summed E-state index contributed by atoms with van der Waals surface area (Å²) in [5.41, 5.74) is 2.85. The van der Waals surface area contributed by atoms with Crippen molar-refractivity contribution < 1.29 is 0 Å². The number of rotatable bonds is 6. The van der Waals surface area contributed by atoms with Crippen LogP contribution >= 0.6 is 11.6 Å². The monoisotopic (exact) mass is 276 g/mol. The molecule has 1 aromatic carbocycles. The van der Waals surface area contributed by atoms with Crippen LogP contribution in [-0.2, 0) is 0 Å². The van der Waals surface area contributed by atoms with E-state index in [0.717, 1.165) is 28.4 Å². The highest BCUT2D eigenvalue weighted by molar-refractivity contribution is 6.30. The Hall–Kier alpha value is -1.54. The van der Waals surface area contributed by atoms with Crippen molar-refractivity contribution in [3.63, 3.8) is 0 Å². The van der Waals surface area contributed by atoms with Gasteiger partial charge >= 0.3 is 0 Å². The van der Waals surface area contributed by atoms with Gasteiger partial charge in [-0.05, 0) is 38.0 Å². The third-order valence-electron chi connectivity index (χ3n) is 2.86. The predicted octanol–water partition coefficient (Wildman–Crippen LogP) is 4.89. The number of nitrogens with zero attached hydrogens (tertiary/aromatic N) is 1. The summed E-state index contributed by atoms with van der Waals surface area (Å²) in [6.45, 7) is 10.0. The zero-order chi connectivity index (χ0) is 14.3. The van der Waals surface area contributed by atoms with Gasteiger partial charge in [-0.3, -0.25) is 4.99 Å². The lowest BCUT2D eigenvalue weighted by molar-refractivity contribution is 0.584. The Balaban J connectivity index is 2.86. The van der Waals surface area contributed by atoms with Crippen LogP contribution in [0.25, 0.3) is 0 Å². The Morgan fingerprint density at radius 3 is 2.74 bits per heavy atom. The van der Waals surface area contributed by atoms with Crippen molar-refractivity contribution in [1.29, 1.82) is 0 Å². The fourth-order valence-electron chi connectivity index (χ4n) is 1.89. The molecule has 1 atom stereocenters. The van der Waals surface area contributed by atoms with Gasteiger partial charge in [0.1, 0.15) is 0 Å². The van der Waals surface area contributed by atoms with Crippen molar-refractivity contribution >= 4 is 17.8 Å². The average molecular weight is 277 g/mol. The maximum atomic E-state index is 6.04. The van der Waals surface area contributed by atoms with E-state index in [-0.39, 0.29) is 6.04 Å². The number of aliphatic imine (C=N–C) groups is 1. The minimum Gasteiger partial charge on any atom is -0.377 e. The molecular weight excluding hydrogens is 256 g/mol. The van der Waals surface area contributed by atoms with E-state index in [4.69, 9.17) is 11.6 Å². The highest BCUT2D eigenvalue weighted by Gasteiger charge is 2.11. The molecule has 0 bridgehead atoms. The third-order valence-corrected chi connectivity index (χ3v) is 3.09. The first-order valence-corrected chi connectivity index (χ1v) is 6.86. The van der Waals surface area contributed by atoms with Gasteiger partial charge in [0.05, 0.1) is 17.4 Å². The van der Waals surface area contributed by atoms with E-state index in [0.29, 0.717) is 0 Å². The van der Waals surface area contributed by atoms with Gasteiger partial charge < -0.3 is 5.32 Å². The van der Waals surface area contributed by atoms with E-state index in [9.17, 15) is 0 Å². The summed E-state index contributed by atoms with van der Waals surface area (Å²) >= 11 is 6.04. The van der Waals surface area contributed by atoms with E-state index in [2.05, 4.69) is 29.9 Å². The molecule has 0 heterocycles. The largest absolute Gasteiger partial charge is 0.377 e. The standard InChI is InChI=1S/C16H21ClN2/c1-5-15(18-7-3)12(4)19-16(6-2)13-9-8-10-14(17)11-13/h5,7-11,16,19H,4,6H2,1-3H3/b15-5-,18-7-. The van der Waals surface area contributed by atoms with Gasteiger partial charge in [0.2, 0.25) is 0 Å². The molecule has 0 amide bonds. The maximum absolute atomic E-state index is 6.04. The summed E-state index contributed by atoms with van der Waals surface area (Å²) < 4.78 is 0. The maximum Gasteiger partial charge on any atom is 0.0808 e. The second-order valence-electron chi connectivity index (χ2n) is 4.20. The van der Waals surface area contributed by atoms with Gasteiger partial charge in [-0.15, -0.1) is 0 Å². The molecule has 1 rings (SSSR count). The van der Waals surface area contributed by atoms with Crippen molar-refractivity contribution in [3.8, 4) is 0 Å². The zero-order valence-corrected chi connectivity index (χ0v) is 12.5. The van der Waals surface area contributed by atoms with Crippen molar-refractivity contribution in [1.82, 2.24) is 5.32 Å². The molecule has 0 spiro atoms. The summed E-state index contributed by atoms with van der Waals surface area (Å²) in [7, 11) is 0. The number of hydrogen-bond donors (Lipinski definition) is 1. The molecule has 102 valence electrons. The van der Waals surface area contributed by atoms with Gasteiger partial charge in [0, 0.05) is 11.2 Å². The van der Waals surface area contributed by atoms with Gasteiger partial charge in [-0.1, -0.05) is 43.3 Å². The fourth-order valence-corrected chi connectivity index (χ4v) is 2.09. The summed E-state index contributed by atoms with van der Waals surface area (Å²) in [6.07, 6.45) is 4.66. The van der Waals surface area contributed by atoms with E-state index < -0.39 is 0 Å². The van der Waals surface area contributed by atoms with Gasteiger partial charge in [-0.25, -0.2) is 0 Å². The smallest absolute Gasteiger partial charge is 0.0808 e. The van der Waals surface area contributed by atoms with Crippen molar-refractivity contribution in [3.05, 3.63) is 58.9 Å². The van der Waals surface area contributed by atoms with Crippen LogP contribution in [0.5, 0.6) is 0 Å². The molecule has 19 heavy (non-hydrogen) atoms. The molecule has 3 heteroatoms. The van der Waals surface area contributed by atoms with Gasteiger partial charge in [0.15, 0.2) is 0 Å². The van der Waals surface area contributed by atoms with Crippen molar-refractivity contribution in [2.75, 3.05) is 0 Å². The Morgan fingerprint density at radius 1 is 1.47 bits per heavy atom. The van der Waals surface area contributed by atoms with E-state index >= 15 is 0 Å². The molecule has 0 saturated heterocycles. The van der Waals surface area contributed by atoms with Crippen LogP contribution < -0.4 is 5.32 Å². The lowest BCUT2D eigenvalue weighted by atomic mass is 10.0. The molecule has 0 aliphatic rings. The first kappa shape index (κ1) is 15.5.